The van der Waals surface area contributed by atoms with Crippen LogP contribution >= 0.6 is 34.8 Å². The van der Waals surface area contributed by atoms with Crippen molar-refractivity contribution in [1.29, 1.82) is 0 Å². The zero-order chi connectivity index (χ0) is 15.6. The van der Waals surface area contributed by atoms with E-state index in [4.69, 9.17) is 34.8 Å². The highest BCUT2D eigenvalue weighted by Crippen LogP contribution is 2.30. The normalized spacial score (nSPS) is 10.2. The molecule has 2 aromatic carbocycles. The van der Waals surface area contributed by atoms with Crippen molar-refractivity contribution in [1.82, 2.24) is 0 Å². The van der Waals surface area contributed by atoms with Gasteiger partial charge in [-0.15, -0.1) is 0 Å². The first kappa shape index (κ1) is 15.6. The quantitative estimate of drug-likeness (QED) is 0.641. The zero-order valence-corrected chi connectivity index (χ0v) is 12.5. The van der Waals surface area contributed by atoms with Gasteiger partial charge < -0.3 is 5.32 Å². The van der Waals surface area contributed by atoms with Crippen molar-refractivity contribution in [2.45, 2.75) is 0 Å². The van der Waals surface area contributed by atoms with Crippen molar-refractivity contribution in [3.63, 3.8) is 0 Å². The minimum atomic E-state index is -0.702. The number of nitrogens with one attached hydrogen (secondary N) is 1. The summed E-state index contributed by atoms with van der Waals surface area (Å²) in [7, 11) is 0. The molecule has 0 aliphatic carbocycles. The number of hydrogen-bond acceptors (Lipinski definition) is 3. The number of carbonyl (C=O) groups excluding carboxylic acids is 1. The van der Waals surface area contributed by atoms with E-state index in [0.29, 0.717) is 10.7 Å². The molecule has 5 nitrogen and oxygen atoms in total. The zero-order valence-electron chi connectivity index (χ0n) is 10.3. The Morgan fingerprint density at radius 1 is 1.05 bits per heavy atom. The van der Waals surface area contributed by atoms with Gasteiger partial charge in [-0.1, -0.05) is 40.9 Å². The first-order valence-corrected chi connectivity index (χ1v) is 6.73. The fraction of sp³-hybridized carbons (Fsp3) is 0. The molecule has 21 heavy (non-hydrogen) atoms. The number of nitro benzene ring substituents is 1. The Hall–Kier alpha value is -1.82. The number of nitrogens with zero attached hydrogens (tertiary/aromatic N) is 1. The average Bonchev–Trinajstić information content (AvgIpc) is 2.42. The molecule has 108 valence electrons. The van der Waals surface area contributed by atoms with Gasteiger partial charge in [0.25, 0.3) is 5.91 Å². The SMILES string of the molecule is O=C(Nc1ccc(Cl)c(Cl)c1)c1cccc(Cl)c1[N+](=O)[O-]. The van der Waals surface area contributed by atoms with Gasteiger partial charge in [-0.05, 0) is 30.3 Å². The second-order valence-electron chi connectivity index (χ2n) is 3.98. The van der Waals surface area contributed by atoms with Crippen LogP contribution in [0.15, 0.2) is 36.4 Å². The van der Waals surface area contributed by atoms with E-state index in [-0.39, 0.29) is 15.6 Å². The fourth-order valence-electron chi connectivity index (χ4n) is 1.66. The number of nitro groups is 1. The van der Waals surface area contributed by atoms with Crippen molar-refractivity contribution in [2.24, 2.45) is 0 Å². The van der Waals surface area contributed by atoms with Crippen molar-refractivity contribution < 1.29 is 9.72 Å². The van der Waals surface area contributed by atoms with Crippen LogP contribution < -0.4 is 5.32 Å². The van der Waals surface area contributed by atoms with Crippen LogP contribution in [0.25, 0.3) is 0 Å². The Bertz CT molecular complexity index is 735. The predicted octanol–water partition coefficient (Wildman–Crippen LogP) is 4.81. The Morgan fingerprint density at radius 3 is 2.38 bits per heavy atom. The fourth-order valence-corrected chi connectivity index (χ4v) is 2.20. The van der Waals surface area contributed by atoms with Gasteiger partial charge in [0.05, 0.1) is 15.0 Å². The molecule has 0 fully saturated rings. The lowest BCUT2D eigenvalue weighted by Gasteiger charge is -2.07. The molecular formula is C13H7Cl3N2O3. The maximum absolute atomic E-state index is 12.1. The largest absolute Gasteiger partial charge is 0.322 e. The van der Waals surface area contributed by atoms with Gasteiger partial charge in [0, 0.05) is 5.69 Å². The summed E-state index contributed by atoms with van der Waals surface area (Å²) in [5.74, 6) is -0.664. The topological polar surface area (TPSA) is 72.2 Å². The van der Waals surface area contributed by atoms with Gasteiger partial charge in [-0.3, -0.25) is 14.9 Å². The van der Waals surface area contributed by atoms with Crippen molar-refractivity contribution in [3.05, 3.63) is 67.1 Å². The Balaban J connectivity index is 2.35. The van der Waals surface area contributed by atoms with Crippen LogP contribution in [0.1, 0.15) is 10.4 Å². The van der Waals surface area contributed by atoms with Gasteiger partial charge in [-0.2, -0.15) is 0 Å². The molecule has 0 radical (unpaired) electrons. The van der Waals surface area contributed by atoms with Crippen LogP contribution in [0.4, 0.5) is 11.4 Å². The third-order valence-corrected chi connectivity index (χ3v) is 3.64. The number of amides is 1. The average molecular weight is 346 g/mol. The number of para-hydroxylation sites is 1. The second-order valence-corrected chi connectivity index (χ2v) is 5.20. The van der Waals surface area contributed by atoms with E-state index >= 15 is 0 Å². The van der Waals surface area contributed by atoms with E-state index in [2.05, 4.69) is 5.32 Å². The highest BCUT2D eigenvalue weighted by atomic mass is 35.5. The monoisotopic (exact) mass is 344 g/mol. The molecule has 0 aromatic heterocycles. The molecular weight excluding hydrogens is 339 g/mol. The summed E-state index contributed by atoms with van der Waals surface area (Å²) in [4.78, 5) is 22.4. The summed E-state index contributed by atoms with van der Waals surface area (Å²) >= 11 is 17.4. The molecule has 0 heterocycles. The number of hydrogen-bond donors (Lipinski definition) is 1. The summed E-state index contributed by atoms with van der Waals surface area (Å²) in [5, 5.41) is 14.0. The molecule has 0 unspecified atom stereocenters. The molecule has 0 aliphatic rings. The van der Waals surface area contributed by atoms with Gasteiger partial charge in [0.15, 0.2) is 0 Å². The Labute approximate surface area is 134 Å². The Kier molecular flexibility index (Phi) is 4.67. The molecule has 2 rings (SSSR count). The number of rotatable bonds is 3. The third-order valence-electron chi connectivity index (χ3n) is 2.59. The van der Waals surface area contributed by atoms with Gasteiger partial charge in [0.2, 0.25) is 0 Å². The summed E-state index contributed by atoms with van der Waals surface area (Å²) in [6.45, 7) is 0. The highest BCUT2D eigenvalue weighted by molar-refractivity contribution is 6.42. The lowest BCUT2D eigenvalue weighted by Crippen LogP contribution is -2.14. The first-order valence-electron chi connectivity index (χ1n) is 5.59. The summed E-state index contributed by atoms with van der Waals surface area (Å²) in [6, 6.07) is 8.60. The lowest BCUT2D eigenvalue weighted by molar-refractivity contribution is -0.385. The minimum absolute atomic E-state index is 0.109. The van der Waals surface area contributed by atoms with Gasteiger partial charge in [0.1, 0.15) is 10.6 Å². The number of halogens is 3. The second kappa shape index (κ2) is 6.30. The molecule has 2 aromatic rings. The molecule has 8 heteroatoms. The van der Waals surface area contributed by atoms with Crippen molar-refractivity contribution in [2.75, 3.05) is 5.32 Å². The molecule has 0 spiro atoms. The molecule has 0 saturated carbocycles. The molecule has 1 amide bonds. The lowest BCUT2D eigenvalue weighted by atomic mass is 10.1. The maximum atomic E-state index is 12.1. The van der Waals surface area contributed by atoms with Crippen LogP contribution in [0.2, 0.25) is 15.1 Å². The first-order chi connectivity index (χ1) is 9.90. The number of anilines is 1. The van der Waals surface area contributed by atoms with Crippen LogP contribution in [0.3, 0.4) is 0 Å². The molecule has 1 N–H and O–H groups in total. The van der Waals surface area contributed by atoms with E-state index in [1.165, 1.54) is 36.4 Å². The van der Waals surface area contributed by atoms with Crippen molar-refractivity contribution >= 4 is 52.1 Å². The molecule has 0 saturated heterocycles. The molecule has 0 atom stereocenters. The van der Waals surface area contributed by atoms with E-state index in [9.17, 15) is 14.9 Å². The van der Waals surface area contributed by atoms with Crippen molar-refractivity contribution in [3.8, 4) is 0 Å². The van der Waals surface area contributed by atoms with Gasteiger partial charge >= 0.3 is 5.69 Å². The van der Waals surface area contributed by atoms with Crippen LogP contribution in [-0.2, 0) is 0 Å². The van der Waals surface area contributed by atoms with E-state index in [1.54, 1.807) is 0 Å². The number of carbonyl (C=O) groups is 1. The predicted molar refractivity (Wildman–Crippen MR) is 82.5 cm³/mol. The van der Waals surface area contributed by atoms with E-state index in [1.807, 2.05) is 0 Å². The minimum Gasteiger partial charge on any atom is -0.322 e. The van der Waals surface area contributed by atoms with Crippen LogP contribution in [0.5, 0.6) is 0 Å². The maximum Gasteiger partial charge on any atom is 0.300 e. The van der Waals surface area contributed by atoms with E-state index < -0.39 is 16.5 Å². The number of benzene rings is 2. The highest BCUT2D eigenvalue weighted by Gasteiger charge is 2.23. The van der Waals surface area contributed by atoms with Crippen LogP contribution in [-0.4, -0.2) is 10.8 Å². The Morgan fingerprint density at radius 2 is 1.76 bits per heavy atom. The summed E-state index contributed by atoms with van der Waals surface area (Å²) < 4.78 is 0. The smallest absolute Gasteiger partial charge is 0.300 e. The summed E-state index contributed by atoms with van der Waals surface area (Å²) in [5.41, 5.74) is -0.223. The van der Waals surface area contributed by atoms with Crippen LogP contribution in [0, 0.1) is 10.1 Å². The summed E-state index contributed by atoms with van der Waals surface area (Å²) in [6.07, 6.45) is 0. The van der Waals surface area contributed by atoms with Gasteiger partial charge in [-0.25, -0.2) is 0 Å². The molecule has 0 aliphatic heterocycles. The molecule has 0 bridgehead atoms. The third kappa shape index (κ3) is 3.44. The standard InChI is InChI=1S/C13H7Cl3N2O3/c14-9-5-4-7(6-11(9)16)17-13(19)8-2-1-3-10(15)12(8)18(20)21/h1-6H,(H,17,19). The van der Waals surface area contributed by atoms with E-state index in [0.717, 1.165) is 0 Å².